The summed E-state index contributed by atoms with van der Waals surface area (Å²) >= 11 is 0. The summed E-state index contributed by atoms with van der Waals surface area (Å²) < 4.78 is 17.1. The lowest BCUT2D eigenvalue weighted by molar-refractivity contribution is -0.0596. The number of nitrogen functional groups attached to an aromatic ring is 1. The van der Waals surface area contributed by atoms with Crippen LogP contribution >= 0.6 is 0 Å². The lowest BCUT2D eigenvalue weighted by Gasteiger charge is -2.41. The van der Waals surface area contributed by atoms with Gasteiger partial charge >= 0.3 is 0 Å². The van der Waals surface area contributed by atoms with Crippen molar-refractivity contribution in [2.75, 3.05) is 44.5 Å². The zero-order valence-electron chi connectivity index (χ0n) is 16.6. The molecule has 7 nitrogen and oxygen atoms in total. The smallest absolute Gasteiger partial charge is 0.228 e. The van der Waals surface area contributed by atoms with E-state index in [1.807, 2.05) is 12.1 Å². The number of ether oxygens (including phenoxy) is 3. The molecule has 0 radical (unpaired) electrons. The van der Waals surface area contributed by atoms with Crippen molar-refractivity contribution < 1.29 is 14.2 Å². The highest BCUT2D eigenvalue weighted by Gasteiger charge is 2.43. The molecule has 2 heterocycles. The first kappa shape index (κ1) is 18.0. The second-order valence-electron chi connectivity index (χ2n) is 7.55. The van der Waals surface area contributed by atoms with Gasteiger partial charge in [0.1, 0.15) is 11.4 Å². The fourth-order valence-corrected chi connectivity index (χ4v) is 4.53. The zero-order valence-corrected chi connectivity index (χ0v) is 16.6. The maximum absolute atomic E-state index is 6.32. The maximum Gasteiger partial charge on any atom is 0.228 e. The molecule has 1 aliphatic heterocycles. The van der Waals surface area contributed by atoms with Crippen LogP contribution in [0.15, 0.2) is 36.4 Å². The van der Waals surface area contributed by atoms with Crippen molar-refractivity contribution in [2.24, 2.45) is 0 Å². The standard InChI is InChI=1S/C22H24N4O3/c1-27-18-11-15-17(12-19(18)28-2)24-21(25-20(15)23)26-9-10-29-22(13-26)8-7-14-5-3-4-6-16(14)22/h3-6,11-12H,7-10,13H2,1-2H3,(H2,23,24,25). The molecule has 1 atom stereocenters. The molecule has 150 valence electrons. The average Bonchev–Trinajstić information content (AvgIpc) is 3.10. The van der Waals surface area contributed by atoms with Gasteiger partial charge in [-0.1, -0.05) is 24.3 Å². The number of fused-ring (bicyclic) bond motifs is 3. The van der Waals surface area contributed by atoms with Gasteiger partial charge in [-0.2, -0.15) is 4.98 Å². The Morgan fingerprint density at radius 1 is 1.10 bits per heavy atom. The van der Waals surface area contributed by atoms with E-state index >= 15 is 0 Å². The van der Waals surface area contributed by atoms with Gasteiger partial charge < -0.3 is 24.8 Å². The quantitative estimate of drug-likeness (QED) is 0.734. The Balaban J connectivity index is 1.54. The summed E-state index contributed by atoms with van der Waals surface area (Å²) in [4.78, 5) is 11.6. The minimum absolute atomic E-state index is 0.306. The van der Waals surface area contributed by atoms with Crippen molar-refractivity contribution in [3.05, 3.63) is 47.5 Å². The van der Waals surface area contributed by atoms with Gasteiger partial charge in [0.05, 0.1) is 32.9 Å². The fraction of sp³-hybridized carbons (Fsp3) is 0.364. The molecule has 5 rings (SSSR count). The molecule has 0 bridgehead atoms. The summed E-state index contributed by atoms with van der Waals surface area (Å²) in [6.07, 6.45) is 2.00. The number of morpholine rings is 1. The Morgan fingerprint density at radius 2 is 1.90 bits per heavy atom. The molecule has 0 amide bonds. The van der Waals surface area contributed by atoms with Crippen LogP contribution in [0, 0.1) is 0 Å². The molecule has 1 spiro atoms. The third-order valence-electron chi connectivity index (χ3n) is 5.99. The van der Waals surface area contributed by atoms with E-state index in [1.54, 1.807) is 14.2 Å². The molecule has 1 unspecified atom stereocenters. The summed E-state index contributed by atoms with van der Waals surface area (Å²) in [6.45, 7) is 2.06. The van der Waals surface area contributed by atoms with Crippen molar-refractivity contribution in [1.29, 1.82) is 0 Å². The summed E-state index contributed by atoms with van der Waals surface area (Å²) in [5.41, 5.74) is 9.37. The summed E-state index contributed by atoms with van der Waals surface area (Å²) in [5, 5.41) is 0.751. The van der Waals surface area contributed by atoms with E-state index in [1.165, 1.54) is 11.1 Å². The van der Waals surface area contributed by atoms with Crippen molar-refractivity contribution in [3.63, 3.8) is 0 Å². The first-order valence-corrected chi connectivity index (χ1v) is 9.80. The lowest BCUT2D eigenvalue weighted by Crippen LogP contribution is -2.49. The van der Waals surface area contributed by atoms with Crippen LogP contribution in [0.1, 0.15) is 17.5 Å². The number of aryl methyl sites for hydroxylation is 1. The Hall–Kier alpha value is -3.06. The molecular weight excluding hydrogens is 368 g/mol. The molecule has 1 fully saturated rings. The molecule has 2 aliphatic rings. The van der Waals surface area contributed by atoms with Crippen molar-refractivity contribution >= 4 is 22.7 Å². The highest BCUT2D eigenvalue weighted by atomic mass is 16.5. The molecule has 29 heavy (non-hydrogen) atoms. The first-order chi connectivity index (χ1) is 14.1. The third-order valence-corrected chi connectivity index (χ3v) is 5.99. The van der Waals surface area contributed by atoms with Gasteiger partial charge in [-0.3, -0.25) is 0 Å². The summed E-state index contributed by atoms with van der Waals surface area (Å²) in [5.74, 6) is 2.27. The van der Waals surface area contributed by atoms with Crippen molar-refractivity contribution in [3.8, 4) is 11.5 Å². The van der Waals surface area contributed by atoms with E-state index < -0.39 is 0 Å². The average molecular weight is 392 g/mol. The Bertz CT molecular complexity index is 1080. The van der Waals surface area contributed by atoms with E-state index in [0.717, 1.165) is 30.3 Å². The van der Waals surface area contributed by atoms with Crippen LogP contribution < -0.4 is 20.1 Å². The van der Waals surface area contributed by atoms with Crippen LogP contribution in [0.3, 0.4) is 0 Å². The lowest BCUT2D eigenvalue weighted by atomic mass is 9.94. The molecule has 1 aliphatic carbocycles. The van der Waals surface area contributed by atoms with Gasteiger partial charge in [0.15, 0.2) is 11.5 Å². The van der Waals surface area contributed by atoms with Gasteiger partial charge in [0.2, 0.25) is 5.95 Å². The number of benzene rings is 2. The molecule has 2 N–H and O–H groups in total. The maximum atomic E-state index is 6.32. The number of anilines is 2. The number of hydrogen-bond acceptors (Lipinski definition) is 7. The van der Waals surface area contributed by atoms with Crippen LogP contribution in [0.2, 0.25) is 0 Å². The molecular formula is C22H24N4O3. The number of aromatic nitrogens is 2. The number of methoxy groups -OCH3 is 2. The molecule has 2 aromatic carbocycles. The second kappa shape index (κ2) is 6.77. The Labute approximate surface area is 169 Å². The first-order valence-electron chi connectivity index (χ1n) is 9.80. The van der Waals surface area contributed by atoms with Gasteiger partial charge in [0, 0.05) is 18.0 Å². The van der Waals surface area contributed by atoms with E-state index in [-0.39, 0.29) is 5.60 Å². The number of nitrogens with zero attached hydrogens (tertiary/aromatic N) is 3. The van der Waals surface area contributed by atoms with E-state index in [4.69, 9.17) is 24.9 Å². The number of rotatable bonds is 3. The van der Waals surface area contributed by atoms with E-state index in [0.29, 0.717) is 36.4 Å². The van der Waals surface area contributed by atoms with Crippen LogP contribution in [-0.4, -0.2) is 43.9 Å². The Kier molecular flexibility index (Phi) is 4.20. The van der Waals surface area contributed by atoms with Gasteiger partial charge in [-0.15, -0.1) is 0 Å². The van der Waals surface area contributed by atoms with Crippen LogP contribution in [0.25, 0.3) is 10.9 Å². The predicted octanol–water partition coefficient (Wildman–Crippen LogP) is 2.91. The fourth-order valence-electron chi connectivity index (χ4n) is 4.53. The molecule has 3 aromatic rings. The molecule has 7 heteroatoms. The van der Waals surface area contributed by atoms with E-state index in [2.05, 4.69) is 34.1 Å². The second-order valence-corrected chi connectivity index (χ2v) is 7.55. The monoisotopic (exact) mass is 392 g/mol. The molecule has 1 aromatic heterocycles. The van der Waals surface area contributed by atoms with Gasteiger partial charge in [-0.25, -0.2) is 4.98 Å². The zero-order chi connectivity index (χ0) is 20.0. The highest BCUT2D eigenvalue weighted by molar-refractivity contribution is 5.91. The van der Waals surface area contributed by atoms with Crippen molar-refractivity contribution in [1.82, 2.24) is 9.97 Å². The van der Waals surface area contributed by atoms with Crippen LogP contribution in [0.5, 0.6) is 11.5 Å². The van der Waals surface area contributed by atoms with Gasteiger partial charge in [-0.05, 0) is 30.0 Å². The summed E-state index contributed by atoms with van der Waals surface area (Å²) in [6, 6.07) is 12.2. The molecule has 0 saturated carbocycles. The van der Waals surface area contributed by atoms with Crippen LogP contribution in [0.4, 0.5) is 11.8 Å². The van der Waals surface area contributed by atoms with Crippen molar-refractivity contribution in [2.45, 2.75) is 18.4 Å². The van der Waals surface area contributed by atoms with Crippen LogP contribution in [-0.2, 0) is 16.8 Å². The topological polar surface area (TPSA) is 82.7 Å². The number of hydrogen-bond donors (Lipinski definition) is 1. The number of nitrogens with two attached hydrogens (primary N) is 1. The highest BCUT2D eigenvalue weighted by Crippen LogP contribution is 2.43. The third kappa shape index (κ3) is 2.84. The predicted molar refractivity (Wildman–Crippen MR) is 112 cm³/mol. The largest absolute Gasteiger partial charge is 0.493 e. The van der Waals surface area contributed by atoms with Gasteiger partial charge in [0.25, 0.3) is 0 Å². The normalized spacial score (nSPS) is 20.8. The molecule has 1 saturated heterocycles. The van der Waals surface area contributed by atoms with E-state index in [9.17, 15) is 0 Å². The summed E-state index contributed by atoms with van der Waals surface area (Å²) in [7, 11) is 3.21. The SMILES string of the molecule is COc1cc2nc(N3CCOC4(CCc5ccccc54)C3)nc(N)c2cc1OC. The Morgan fingerprint density at radius 3 is 2.72 bits per heavy atom. The minimum atomic E-state index is -0.306. The minimum Gasteiger partial charge on any atom is -0.493 e.